The molecule has 2 aromatic rings. The van der Waals surface area contributed by atoms with Crippen molar-refractivity contribution in [1.29, 1.82) is 0 Å². The van der Waals surface area contributed by atoms with E-state index in [0.29, 0.717) is 0 Å². The summed E-state index contributed by atoms with van der Waals surface area (Å²) in [5.74, 6) is 0.628. The maximum absolute atomic E-state index is 11.8. The predicted molar refractivity (Wildman–Crippen MR) is 67.0 cm³/mol. The second-order valence-corrected chi connectivity index (χ2v) is 5.24. The first-order chi connectivity index (χ1) is 8.19. The van der Waals surface area contributed by atoms with Gasteiger partial charge in [0, 0.05) is 16.5 Å². The lowest BCUT2D eigenvalue weighted by molar-refractivity contribution is 0.0311. The van der Waals surface area contributed by atoms with Gasteiger partial charge < -0.3 is 9.47 Å². The first-order valence-corrected chi connectivity index (χ1v) is 6.31. The number of benzene rings is 1. The van der Waals surface area contributed by atoms with Gasteiger partial charge in [-0.3, -0.25) is 0 Å². The van der Waals surface area contributed by atoms with E-state index in [1.165, 1.54) is 11.3 Å². The van der Waals surface area contributed by atoms with Gasteiger partial charge in [-0.25, -0.2) is 4.79 Å². The van der Waals surface area contributed by atoms with Gasteiger partial charge >= 0.3 is 5.97 Å². The lowest BCUT2D eigenvalue weighted by Crippen LogP contribution is -2.23. The molecule has 1 aromatic heterocycles. The molecule has 17 heavy (non-hydrogen) atoms. The van der Waals surface area contributed by atoms with E-state index in [0.717, 1.165) is 32.7 Å². The van der Waals surface area contributed by atoms with Gasteiger partial charge in [-0.1, -0.05) is 0 Å². The van der Waals surface area contributed by atoms with Crippen molar-refractivity contribution in [2.45, 2.75) is 19.4 Å². The molecular weight excluding hydrogens is 236 g/mol. The SMILES string of the molecule is COc1ccc2sc3c(c2c1)CC(C)OC3=O. The lowest BCUT2D eigenvalue weighted by Gasteiger charge is -2.18. The smallest absolute Gasteiger partial charge is 0.348 e. The van der Waals surface area contributed by atoms with Gasteiger partial charge in [-0.15, -0.1) is 11.3 Å². The van der Waals surface area contributed by atoms with Gasteiger partial charge in [0.25, 0.3) is 0 Å². The number of methoxy groups -OCH3 is 1. The predicted octanol–water partition coefficient (Wildman–Crippen LogP) is 3.01. The number of carbonyl (C=O) groups is 1. The summed E-state index contributed by atoms with van der Waals surface area (Å²) >= 11 is 1.50. The third-order valence-corrected chi connectivity index (χ3v) is 4.18. The van der Waals surface area contributed by atoms with E-state index < -0.39 is 0 Å². The molecule has 2 heterocycles. The molecule has 0 amide bonds. The fourth-order valence-corrected chi connectivity index (χ4v) is 3.28. The van der Waals surface area contributed by atoms with Crippen LogP contribution in [0.25, 0.3) is 10.1 Å². The summed E-state index contributed by atoms with van der Waals surface area (Å²) in [6.07, 6.45) is 0.743. The molecule has 0 saturated heterocycles. The third-order valence-electron chi connectivity index (χ3n) is 2.98. The van der Waals surface area contributed by atoms with Crippen LogP contribution in [0, 0.1) is 0 Å². The molecule has 0 aliphatic carbocycles. The normalized spacial score (nSPS) is 18.9. The molecular formula is C13H12O3S. The quantitative estimate of drug-likeness (QED) is 0.728. The van der Waals surface area contributed by atoms with Crippen LogP contribution in [0.5, 0.6) is 5.75 Å². The van der Waals surface area contributed by atoms with Crippen LogP contribution in [0.2, 0.25) is 0 Å². The Morgan fingerprint density at radius 2 is 2.29 bits per heavy atom. The molecule has 1 atom stereocenters. The van der Waals surface area contributed by atoms with E-state index in [2.05, 4.69) is 0 Å². The molecule has 3 nitrogen and oxygen atoms in total. The Morgan fingerprint density at radius 3 is 3.06 bits per heavy atom. The zero-order valence-corrected chi connectivity index (χ0v) is 10.5. The van der Waals surface area contributed by atoms with Crippen LogP contribution in [-0.2, 0) is 11.2 Å². The largest absolute Gasteiger partial charge is 0.497 e. The Labute approximate surface area is 103 Å². The molecule has 0 spiro atoms. The van der Waals surface area contributed by atoms with Crippen LogP contribution in [0.3, 0.4) is 0 Å². The third kappa shape index (κ3) is 1.60. The lowest BCUT2D eigenvalue weighted by atomic mass is 10.0. The molecule has 0 fully saturated rings. The second-order valence-electron chi connectivity index (χ2n) is 4.19. The molecule has 1 aromatic carbocycles. The number of cyclic esters (lactones) is 1. The van der Waals surface area contributed by atoms with Crippen LogP contribution in [-0.4, -0.2) is 19.2 Å². The van der Waals surface area contributed by atoms with E-state index in [-0.39, 0.29) is 12.1 Å². The summed E-state index contributed by atoms with van der Waals surface area (Å²) in [6.45, 7) is 1.92. The summed E-state index contributed by atoms with van der Waals surface area (Å²) < 4.78 is 11.6. The van der Waals surface area contributed by atoms with Crippen LogP contribution in [0.1, 0.15) is 22.2 Å². The average Bonchev–Trinajstić information content (AvgIpc) is 2.67. The number of esters is 1. The molecule has 0 N–H and O–H groups in total. The minimum absolute atomic E-state index is 0.0426. The Kier molecular flexibility index (Phi) is 2.33. The van der Waals surface area contributed by atoms with Crippen LogP contribution < -0.4 is 4.74 Å². The van der Waals surface area contributed by atoms with E-state index in [9.17, 15) is 4.79 Å². The average molecular weight is 248 g/mol. The summed E-state index contributed by atoms with van der Waals surface area (Å²) in [7, 11) is 1.65. The summed E-state index contributed by atoms with van der Waals surface area (Å²) in [5.41, 5.74) is 1.10. The number of hydrogen-bond donors (Lipinski definition) is 0. The molecule has 88 valence electrons. The Bertz CT molecular complexity index is 600. The maximum Gasteiger partial charge on any atom is 0.348 e. The highest BCUT2D eigenvalue weighted by Gasteiger charge is 2.27. The number of ether oxygens (including phenoxy) is 2. The topological polar surface area (TPSA) is 35.5 Å². The summed E-state index contributed by atoms with van der Waals surface area (Å²) in [5, 5.41) is 1.12. The monoisotopic (exact) mass is 248 g/mol. The van der Waals surface area contributed by atoms with Crippen molar-refractivity contribution in [2.24, 2.45) is 0 Å². The van der Waals surface area contributed by atoms with Crippen molar-refractivity contribution in [3.8, 4) is 5.75 Å². The number of thiophene rings is 1. The minimum Gasteiger partial charge on any atom is -0.497 e. The number of fused-ring (bicyclic) bond motifs is 3. The zero-order chi connectivity index (χ0) is 12.0. The highest BCUT2D eigenvalue weighted by Crippen LogP contribution is 2.37. The van der Waals surface area contributed by atoms with Crippen molar-refractivity contribution in [1.82, 2.24) is 0 Å². The number of rotatable bonds is 1. The molecule has 0 saturated carbocycles. The molecule has 3 rings (SSSR count). The van der Waals surface area contributed by atoms with Gasteiger partial charge in [0.05, 0.1) is 7.11 Å². The van der Waals surface area contributed by atoms with Crippen molar-refractivity contribution < 1.29 is 14.3 Å². The van der Waals surface area contributed by atoms with Crippen molar-refractivity contribution in [3.05, 3.63) is 28.6 Å². The van der Waals surface area contributed by atoms with Crippen LogP contribution in [0.4, 0.5) is 0 Å². The highest BCUT2D eigenvalue weighted by atomic mass is 32.1. The van der Waals surface area contributed by atoms with Gasteiger partial charge in [0.2, 0.25) is 0 Å². The molecule has 1 aliphatic heterocycles. The second kappa shape index (κ2) is 3.74. The van der Waals surface area contributed by atoms with E-state index >= 15 is 0 Å². The zero-order valence-electron chi connectivity index (χ0n) is 9.65. The van der Waals surface area contributed by atoms with E-state index in [1.807, 2.05) is 25.1 Å². The fraction of sp³-hybridized carbons (Fsp3) is 0.308. The van der Waals surface area contributed by atoms with Gasteiger partial charge in [-0.2, -0.15) is 0 Å². The molecule has 0 bridgehead atoms. The first kappa shape index (κ1) is 10.6. The van der Waals surface area contributed by atoms with Gasteiger partial charge in [0.15, 0.2) is 0 Å². The summed E-state index contributed by atoms with van der Waals surface area (Å²) in [4.78, 5) is 12.5. The molecule has 1 aliphatic rings. The molecule has 0 radical (unpaired) electrons. The maximum atomic E-state index is 11.8. The van der Waals surface area contributed by atoms with Crippen molar-refractivity contribution >= 4 is 27.4 Å². The van der Waals surface area contributed by atoms with Gasteiger partial charge in [-0.05, 0) is 30.7 Å². The van der Waals surface area contributed by atoms with Crippen LogP contribution >= 0.6 is 11.3 Å². The minimum atomic E-state index is -0.195. The number of hydrogen-bond acceptors (Lipinski definition) is 4. The summed E-state index contributed by atoms with van der Waals surface area (Å²) in [6, 6.07) is 5.91. The number of carbonyl (C=O) groups excluding carboxylic acids is 1. The van der Waals surface area contributed by atoms with E-state index in [1.54, 1.807) is 7.11 Å². The van der Waals surface area contributed by atoms with Crippen molar-refractivity contribution in [2.75, 3.05) is 7.11 Å². The Balaban J connectivity index is 2.26. The first-order valence-electron chi connectivity index (χ1n) is 5.49. The molecule has 4 heteroatoms. The Morgan fingerprint density at radius 1 is 1.47 bits per heavy atom. The highest BCUT2D eigenvalue weighted by molar-refractivity contribution is 7.21. The van der Waals surface area contributed by atoms with Crippen molar-refractivity contribution in [3.63, 3.8) is 0 Å². The standard InChI is InChI=1S/C13H12O3S/c1-7-5-10-9-6-8(15-2)3-4-11(9)17-12(10)13(14)16-7/h3-4,6-7H,5H2,1-2H3. The van der Waals surface area contributed by atoms with E-state index in [4.69, 9.17) is 9.47 Å². The van der Waals surface area contributed by atoms with Gasteiger partial charge in [0.1, 0.15) is 16.7 Å². The molecule has 1 unspecified atom stereocenters. The fourth-order valence-electron chi connectivity index (χ4n) is 2.19. The van der Waals surface area contributed by atoms with Crippen LogP contribution in [0.15, 0.2) is 18.2 Å². The Hall–Kier alpha value is -1.55.